The van der Waals surface area contributed by atoms with Crippen molar-refractivity contribution in [1.82, 2.24) is 4.98 Å². The van der Waals surface area contributed by atoms with Crippen molar-refractivity contribution in [2.75, 3.05) is 26.6 Å². The summed E-state index contributed by atoms with van der Waals surface area (Å²) in [6.07, 6.45) is 0. The third-order valence-electron chi connectivity index (χ3n) is 3.76. The van der Waals surface area contributed by atoms with Crippen LogP contribution >= 0.6 is 11.3 Å². The van der Waals surface area contributed by atoms with Crippen LogP contribution in [0.3, 0.4) is 0 Å². The van der Waals surface area contributed by atoms with Crippen LogP contribution < -0.4 is 19.5 Å². The van der Waals surface area contributed by atoms with Gasteiger partial charge in [-0.2, -0.15) is 0 Å². The standard InChI is InChI=1S/C19H18N2O4S/c1-23-14-8-5-4-7-12(14)13-11-26-19(20-13)21-18(22)17-15(24-2)9-6-10-16(17)25-3/h4-11H,1-3H3,(H,20,21,22). The number of thiazole rings is 1. The van der Waals surface area contributed by atoms with Crippen LogP contribution in [-0.4, -0.2) is 32.2 Å². The highest BCUT2D eigenvalue weighted by atomic mass is 32.1. The zero-order chi connectivity index (χ0) is 18.5. The summed E-state index contributed by atoms with van der Waals surface area (Å²) < 4.78 is 15.9. The Bertz CT molecular complexity index is 901. The first kappa shape index (κ1) is 17.8. The van der Waals surface area contributed by atoms with E-state index in [1.807, 2.05) is 29.6 Å². The number of methoxy groups -OCH3 is 3. The largest absolute Gasteiger partial charge is 0.496 e. The minimum atomic E-state index is -0.347. The van der Waals surface area contributed by atoms with Crippen LogP contribution in [0.4, 0.5) is 5.13 Å². The average molecular weight is 370 g/mol. The van der Waals surface area contributed by atoms with Crippen molar-refractivity contribution in [3.05, 3.63) is 53.4 Å². The van der Waals surface area contributed by atoms with Crippen LogP contribution in [0.25, 0.3) is 11.3 Å². The van der Waals surface area contributed by atoms with Crippen molar-refractivity contribution in [3.63, 3.8) is 0 Å². The number of ether oxygens (including phenoxy) is 3. The monoisotopic (exact) mass is 370 g/mol. The Morgan fingerprint density at radius 2 is 1.54 bits per heavy atom. The van der Waals surface area contributed by atoms with Crippen LogP contribution in [0.2, 0.25) is 0 Å². The van der Waals surface area contributed by atoms with Crippen molar-refractivity contribution < 1.29 is 19.0 Å². The molecule has 0 spiro atoms. The van der Waals surface area contributed by atoms with E-state index in [1.54, 1.807) is 25.3 Å². The third-order valence-corrected chi connectivity index (χ3v) is 4.52. The van der Waals surface area contributed by atoms with Gasteiger partial charge in [0.1, 0.15) is 22.8 Å². The SMILES string of the molecule is COc1ccccc1-c1csc(NC(=O)c2c(OC)cccc2OC)n1. The number of nitrogens with one attached hydrogen (secondary N) is 1. The maximum atomic E-state index is 12.7. The van der Waals surface area contributed by atoms with Gasteiger partial charge < -0.3 is 14.2 Å². The first-order valence-electron chi connectivity index (χ1n) is 7.79. The Morgan fingerprint density at radius 1 is 0.923 bits per heavy atom. The minimum Gasteiger partial charge on any atom is -0.496 e. The topological polar surface area (TPSA) is 69.7 Å². The van der Waals surface area contributed by atoms with Crippen molar-refractivity contribution in [2.45, 2.75) is 0 Å². The molecule has 0 bridgehead atoms. The molecule has 0 aliphatic rings. The zero-order valence-corrected chi connectivity index (χ0v) is 15.4. The highest BCUT2D eigenvalue weighted by Gasteiger charge is 2.19. The van der Waals surface area contributed by atoms with Crippen LogP contribution in [0, 0.1) is 0 Å². The number of hydrogen-bond donors (Lipinski definition) is 1. The number of aromatic nitrogens is 1. The van der Waals surface area contributed by atoms with Crippen LogP contribution in [-0.2, 0) is 0 Å². The minimum absolute atomic E-state index is 0.326. The average Bonchev–Trinajstić information content (AvgIpc) is 3.15. The smallest absolute Gasteiger partial charge is 0.265 e. The molecule has 26 heavy (non-hydrogen) atoms. The molecule has 0 saturated carbocycles. The number of carbonyl (C=O) groups excluding carboxylic acids is 1. The molecule has 0 unspecified atom stereocenters. The quantitative estimate of drug-likeness (QED) is 0.708. The molecule has 0 fully saturated rings. The van der Waals surface area contributed by atoms with Gasteiger partial charge in [-0.1, -0.05) is 18.2 Å². The molecule has 0 atom stereocenters. The molecular weight excluding hydrogens is 352 g/mol. The van der Waals surface area contributed by atoms with Gasteiger partial charge in [-0.3, -0.25) is 10.1 Å². The first-order valence-corrected chi connectivity index (χ1v) is 8.67. The van der Waals surface area contributed by atoms with Crippen molar-refractivity contribution >= 4 is 22.4 Å². The van der Waals surface area contributed by atoms with Crippen molar-refractivity contribution in [2.24, 2.45) is 0 Å². The Morgan fingerprint density at radius 3 is 2.19 bits per heavy atom. The number of para-hydroxylation sites is 1. The summed E-state index contributed by atoms with van der Waals surface area (Å²) in [6, 6.07) is 12.8. The van der Waals surface area contributed by atoms with Crippen LogP contribution in [0.5, 0.6) is 17.2 Å². The van der Waals surface area contributed by atoms with Gasteiger partial charge in [0.25, 0.3) is 5.91 Å². The maximum Gasteiger partial charge on any atom is 0.265 e. The number of amides is 1. The number of benzene rings is 2. The molecular formula is C19H18N2O4S. The van der Waals surface area contributed by atoms with Gasteiger partial charge in [-0.15, -0.1) is 11.3 Å². The van der Waals surface area contributed by atoms with Crippen molar-refractivity contribution in [3.8, 4) is 28.5 Å². The van der Waals surface area contributed by atoms with Gasteiger partial charge in [-0.25, -0.2) is 4.98 Å². The van der Waals surface area contributed by atoms with E-state index >= 15 is 0 Å². The summed E-state index contributed by atoms with van der Waals surface area (Å²) in [7, 11) is 4.63. The second-order valence-corrected chi connectivity index (χ2v) is 6.09. The Balaban J connectivity index is 1.87. The third kappa shape index (κ3) is 3.48. The second-order valence-electron chi connectivity index (χ2n) is 5.23. The lowest BCUT2D eigenvalue weighted by atomic mass is 10.1. The van der Waals surface area contributed by atoms with E-state index in [9.17, 15) is 4.79 Å². The fraction of sp³-hybridized carbons (Fsp3) is 0.158. The van der Waals surface area contributed by atoms with Crippen LogP contribution in [0.1, 0.15) is 10.4 Å². The Hall–Kier alpha value is -3.06. The molecule has 3 rings (SSSR count). The zero-order valence-electron chi connectivity index (χ0n) is 14.6. The van der Waals surface area contributed by atoms with Gasteiger partial charge >= 0.3 is 0 Å². The lowest BCUT2D eigenvalue weighted by Crippen LogP contribution is -2.14. The molecule has 3 aromatic rings. The summed E-state index contributed by atoms with van der Waals surface area (Å²) in [5.74, 6) is 1.24. The molecule has 134 valence electrons. The van der Waals surface area contributed by atoms with E-state index in [4.69, 9.17) is 14.2 Å². The van der Waals surface area contributed by atoms with E-state index in [1.165, 1.54) is 25.6 Å². The molecule has 0 saturated heterocycles. The Kier molecular flexibility index (Phi) is 5.38. The van der Waals surface area contributed by atoms with Gasteiger partial charge in [-0.05, 0) is 24.3 Å². The van der Waals surface area contributed by atoms with E-state index in [0.717, 1.165) is 17.0 Å². The molecule has 1 amide bonds. The molecule has 1 N–H and O–H groups in total. The number of nitrogens with zero attached hydrogens (tertiary/aromatic N) is 1. The molecule has 0 aliphatic carbocycles. The molecule has 2 aromatic carbocycles. The van der Waals surface area contributed by atoms with Gasteiger partial charge in [0.15, 0.2) is 5.13 Å². The summed E-state index contributed by atoms with van der Waals surface area (Å²) in [5.41, 5.74) is 1.92. The summed E-state index contributed by atoms with van der Waals surface area (Å²) >= 11 is 1.33. The second kappa shape index (κ2) is 7.88. The summed E-state index contributed by atoms with van der Waals surface area (Å²) in [4.78, 5) is 17.2. The molecule has 6 nitrogen and oxygen atoms in total. The summed E-state index contributed by atoms with van der Waals surface area (Å²) in [5, 5.41) is 5.15. The van der Waals surface area contributed by atoms with Crippen molar-refractivity contribution in [1.29, 1.82) is 0 Å². The number of carbonyl (C=O) groups is 1. The molecule has 0 radical (unpaired) electrons. The van der Waals surface area contributed by atoms with E-state index in [0.29, 0.717) is 22.2 Å². The lowest BCUT2D eigenvalue weighted by molar-refractivity contribution is 0.102. The fourth-order valence-corrected chi connectivity index (χ4v) is 3.25. The highest BCUT2D eigenvalue weighted by molar-refractivity contribution is 7.14. The van der Waals surface area contributed by atoms with Crippen LogP contribution in [0.15, 0.2) is 47.8 Å². The predicted octanol–water partition coefficient (Wildman–Crippen LogP) is 4.09. The van der Waals surface area contributed by atoms with Gasteiger partial charge in [0.05, 0.1) is 27.0 Å². The predicted molar refractivity (Wildman–Crippen MR) is 102 cm³/mol. The first-order chi connectivity index (χ1) is 12.7. The van der Waals surface area contributed by atoms with E-state index in [2.05, 4.69) is 10.3 Å². The molecule has 0 aliphatic heterocycles. The van der Waals surface area contributed by atoms with Gasteiger partial charge in [0, 0.05) is 10.9 Å². The highest BCUT2D eigenvalue weighted by Crippen LogP contribution is 2.33. The molecule has 1 aromatic heterocycles. The Labute approximate surface area is 155 Å². The lowest BCUT2D eigenvalue weighted by Gasteiger charge is -2.11. The number of rotatable bonds is 6. The normalized spacial score (nSPS) is 10.3. The van der Waals surface area contributed by atoms with Gasteiger partial charge in [0.2, 0.25) is 0 Å². The molecule has 1 heterocycles. The maximum absolute atomic E-state index is 12.7. The summed E-state index contributed by atoms with van der Waals surface area (Å²) in [6.45, 7) is 0. The number of hydrogen-bond acceptors (Lipinski definition) is 6. The molecule has 7 heteroatoms. The fourth-order valence-electron chi connectivity index (χ4n) is 2.55. The van der Waals surface area contributed by atoms with E-state index < -0.39 is 0 Å². The number of anilines is 1. The van der Waals surface area contributed by atoms with E-state index in [-0.39, 0.29) is 5.91 Å².